The third kappa shape index (κ3) is 3.93. The summed E-state index contributed by atoms with van der Waals surface area (Å²) in [5, 5.41) is 11.6. The van der Waals surface area contributed by atoms with Gasteiger partial charge in [0.25, 0.3) is 5.91 Å². The molecule has 2 atom stereocenters. The molecule has 2 rings (SSSR count). The number of carbonyl (C=O) groups is 2. The van der Waals surface area contributed by atoms with Gasteiger partial charge in [-0.3, -0.25) is 9.59 Å². The van der Waals surface area contributed by atoms with Crippen LogP contribution in [0, 0.1) is 5.92 Å². The average Bonchev–Trinajstić information content (AvgIpc) is 2.42. The highest BCUT2D eigenvalue weighted by Crippen LogP contribution is 2.24. The van der Waals surface area contributed by atoms with Gasteiger partial charge < -0.3 is 15.2 Å². The molecule has 0 bridgehead atoms. The quantitative estimate of drug-likeness (QED) is 0.835. The maximum absolute atomic E-state index is 12.1. The summed E-state index contributed by atoms with van der Waals surface area (Å²) in [6.07, 6.45) is 4.92. The van der Waals surface area contributed by atoms with E-state index in [1.807, 2.05) is 0 Å². The van der Waals surface area contributed by atoms with Crippen LogP contribution in [0.25, 0.3) is 0 Å². The molecule has 0 saturated heterocycles. The number of nitrogens with zero attached hydrogens (tertiary/aromatic N) is 1. The highest BCUT2D eigenvalue weighted by atomic mass is 16.5. The summed E-state index contributed by atoms with van der Waals surface area (Å²) >= 11 is 0. The molecule has 6 nitrogen and oxygen atoms in total. The van der Waals surface area contributed by atoms with Crippen molar-refractivity contribution >= 4 is 11.9 Å². The standard InChI is InChI=1S/C15H20N2O4/c1-9(15(19)20)10(2)17-14(18)11-6-7-16-13(8-11)21-12-4-3-5-12/h6-10,12H,3-5H2,1-2H3,(H,17,18)(H,19,20). The number of pyridine rings is 1. The van der Waals surface area contributed by atoms with Crippen molar-refractivity contribution < 1.29 is 19.4 Å². The summed E-state index contributed by atoms with van der Waals surface area (Å²) in [4.78, 5) is 27.1. The number of carboxylic acid groups (broad SMARTS) is 1. The summed E-state index contributed by atoms with van der Waals surface area (Å²) in [6, 6.07) is 2.71. The normalized spacial score (nSPS) is 17.4. The second-order valence-corrected chi connectivity index (χ2v) is 5.44. The predicted molar refractivity (Wildman–Crippen MR) is 76.2 cm³/mol. The molecule has 1 heterocycles. The molecule has 1 aromatic heterocycles. The number of aromatic nitrogens is 1. The number of rotatable bonds is 6. The van der Waals surface area contributed by atoms with Crippen molar-refractivity contribution in [2.45, 2.75) is 45.3 Å². The molecule has 1 saturated carbocycles. The lowest BCUT2D eigenvalue weighted by Crippen LogP contribution is -2.40. The van der Waals surface area contributed by atoms with Crippen LogP contribution >= 0.6 is 0 Å². The Hall–Kier alpha value is -2.11. The van der Waals surface area contributed by atoms with Gasteiger partial charge in [-0.2, -0.15) is 0 Å². The van der Waals surface area contributed by atoms with Crippen molar-refractivity contribution in [1.29, 1.82) is 0 Å². The summed E-state index contributed by atoms with van der Waals surface area (Å²) in [5.74, 6) is -1.48. The first-order valence-electron chi connectivity index (χ1n) is 7.13. The monoisotopic (exact) mass is 292 g/mol. The maximum Gasteiger partial charge on any atom is 0.308 e. The van der Waals surface area contributed by atoms with Gasteiger partial charge in [0, 0.05) is 23.9 Å². The number of amides is 1. The number of nitrogens with one attached hydrogen (secondary N) is 1. The van der Waals surface area contributed by atoms with Crippen LogP contribution in [-0.2, 0) is 4.79 Å². The summed E-state index contributed by atoms with van der Waals surface area (Å²) < 4.78 is 5.65. The molecule has 1 amide bonds. The maximum atomic E-state index is 12.1. The van der Waals surface area contributed by atoms with E-state index in [1.165, 1.54) is 6.20 Å². The Bertz CT molecular complexity index is 528. The van der Waals surface area contributed by atoms with E-state index >= 15 is 0 Å². The lowest BCUT2D eigenvalue weighted by molar-refractivity contribution is -0.141. The topological polar surface area (TPSA) is 88.5 Å². The number of carboxylic acids is 1. The van der Waals surface area contributed by atoms with Gasteiger partial charge in [0.05, 0.1) is 5.92 Å². The van der Waals surface area contributed by atoms with E-state index in [-0.39, 0.29) is 12.0 Å². The molecule has 0 aliphatic heterocycles. The number of aliphatic carboxylic acids is 1. The lowest BCUT2D eigenvalue weighted by atomic mass is 9.96. The Morgan fingerprint density at radius 2 is 2.14 bits per heavy atom. The first kappa shape index (κ1) is 15.3. The molecule has 0 radical (unpaired) electrons. The summed E-state index contributed by atoms with van der Waals surface area (Å²) in [5.41, 5.74) is 0.420. The molecule has 114 valence electrons. The predicted octanol–water partition coefficient (Wildman–Crippen LogP) is 1.85. The Morgan fingerprint density at radius 1 is 1.43 bits per heavy atom. The first-order valence-corrected chi connectivity index (χ1v) is 7.13. The third-order valence-corrected chi connectivity index (χ3v) is 3.83. The van der Waals surface area contributed by atoms with Crippen molar-refractivity contribution in [3.05, 3.63) is 23.9 Å². The van der Waals surface area contributed by atoms with Crippen LogP contribution in [0.15, 0.2) is 18.3 Å². The Labute approximate surface area is 123 Å². The van der Waals surface area contributed by atoms with E-state index < -0.39 is 17.9 Å². The molecule has 2 unspecified atom stereocenters. The SMILES string of the molecule is CC(NC(=O)c1ccnc(OC2CCC2)c1)C(C)C(=O)O. The van der Waals surface area contributed by atoms with E-state index in [0.717, 1.165) is 19.3 Å². The molecular weight excluding hydrogens is 272 g/mol. The molecule has 1 aliphatic rings. The van der Waals surface area contributed by atoms with E-state index in [4.69, 9.17) is 9.84 Å². The van der Waals surface area contributed by atoms with Crippen LogP contribution in [0.5, 0.6) is 5.88 Å². The van der Waals surface area contributed by atoms with Crippen molar-refractivity contribution in [2.75, 3.05) is 0 Å². The zero-order valence-corrected chi connectivity index (χ0v) is 12.2. The molecule has 2 N–H and O–H groups in total. The lowest BCUT2D eigenvalue weighted by Gasteiger charge is -2.25. The molecule has 1 aliphatic carbocycles. The fourth-order valence-corrected chi connectivity index (χ4v) is 1.90. The second-order valence-electron chi connectivity index (χ2n) is 5.44. The molecule has 1 fully saturated rings. The van der Waals surface area contributed by atoms with E-state index in [1.54, 1.807) is 26.0 Å². The van der Waals surface area contributed by atoms with Crippen molar-refractivity contribution in [1.82, 2.24) is 10.3 Å². The van der Waals surface area contributed by atoms with Gasteiger partial charge in [-0.1, -0.05) is 0 Å². The van der Waals surface area contributed by atoms with Crippen LogP contribution < -0.4 is 10.1 Å². The number of carbonyl (C=O) groups excluding carboxylic acids is 1. The zero-order chi connectivity index (χ0) is 15.4. The minimum absolute atomic E-state index is 0.196. The van der Waals surface area contributed by atoms with Gasteiger partial charge in [-0.15, -0.1) is 0 Å². The molecule has 0 aromatic carbocycles. The van der Waals surface area contributed by atoms with Crippen LogP contribution in [-0.4, -0.2) is 34.1 Å². The van der Waals surface area contributed by atoms with Crippen molar-refractivity contribution in [3.8, 4) is 5.88 Å². The molecule has 6 heteroatoms. The van der Waals surface area contributed by atoms with Gasteiger partial charge in [-0.25, -0.2) is 4.98 Å². The van der Waals surface area contributed by atoms with Gasteiger partial charge in [0.15, 0.2) is 0 Å². The highest BCUT2D eigenvalue weighted by molar-refractivity contribution is 5.94. The highest BCUT2D eigenvalue weighted by Gasteiger charge is 2.23. The number of ether oxygens (including phenoxy) is 1. The van der Waals surface area contributed by atoms with Crippen LogP contribution in [0.4, 0.5) is 0 Å². The third-order valence-electron chi connectivity index (χ3n) is 3.83. The van der Waals surface area contributed by atoms with Gasteiger partial charge in [0.2, 0.25) is 5.88 Å². The van der Waals surface area contributed by atoms with Gasteiger partial charge >= 0.3 is 5.97 Å². The van der Waals surface area contributed by atoms with E-state index in [9.17, 15) is 9.59 Å². The molecule has 0 spiro atoms. The summed E-state index contributed by atoms with van der Waals surface area (Å²) in [6.45, 7) is 3.23. The van der Waals surface area contributed by atoms with Crippen molar-refractivity contribution in [2.24, 2.45) is 5.92 Å². The van der Waals surface area contributed by atoms with Crippen LogP contribution in [0.2, 0.25) is 0 Å². The van der Waals surface area contributed by atoms with E-state index in [0.29, 0.717) is 11.4 Å². The van der Waals surface area contributed by atoms with Crippen molar-refractivity contribution in [3.63, 3.8) is 0 Å². The molecular formula is C15H20N2O4. The molecule has 21 heavy (non-hydrogen) atoms. The Balaban J connectivity index is 1.98. The van der Waals surface area contributed by atoms with E-state index in [2.05, 4.69) is 10.3 Å². The Morgan fingerprint density at radius 3 is 2.71 bits per heavy atom. The fourth-order valence-electron chi connectivity index (χ4n) is 1.90. The summed E-state index contributed by atoms with van der Waals surface area (Å²) in [7, 11) is 0. The smallest absolute Gasteiger partial charge is 0.308 e. The first-order chi connectivity index (χ1) is 9.97. The Kier molecular flexibility index (Phi) is 4.77. The largest absolute Gasteiger partial charge is 0.481 e. The number of hydrogen-bond acceptors (Lipinski definition) is 4. The molecule has 1 aromatic rings. The average molecular weight is 292 g/mol. The second kappa shape index (κ2) is 6.56. The number of hydrogen-bond donors (Lipinski definition) is 2. The zero-order valence-electron chi connectivity index (χ0n) is 12.2. The van der Waals surface area contributed by atoms with Gasteiger partial charge in [-0.05, 0) is 39.2 Å². The van der Waals surface area contributed by atoms with Crippen LogP contribution in [0.3, 0.4) is 0 Å². The minimum Gasteiger partial charge on any atom is -0.481 e. The van der Waals surface area contributed by atoms with Crippen LogP contribution in [0.1, 0.15) is 43.5 Å². The fraction of sp³-hybridized carbons (Fsp3) is 0.533. The van der Waals surface area contributed by atoms with Gasteiger partial charge in [0.1, 0.15) is 6.10 Å². The minimum atomic E-state index is -0.938.